The van der Waals surface area contributed by atoms with E-state index in [9.17, 15) is 0 Å². The van der Waals surface area contributed by atoms with Crippen molar-refractivity contribution in [3.8, 4) is 0 Å². The number of rotatable bonds is 0. The van der Waals surface area contributed by atoms with Crippen LogP contribution in [0.4, 0.5) is 0 Å². The van der Waals surface area contributed by atoms with E-state index in [1.165, 1.54) is 0 Å². The van der Waals surface area contributed by atoms with Crippen LogP contribution >= 0.6 is 11.6 Å². The Kier molecular flexibility index (Phi) is 6.48. The van der Waals surface area contributed by atoms with Gasteiger partial charge in [0, 0.05) is 10.7 Å². The number of nitrogens with zero attached hydrogens (tertiary/aromatic N) is 2. The molecule has 0 aromatic carbocycles. The van der Waals surface area contributed by atoms with Gasteiger partial charge >= 0.3 is 20.4 Å². The molecule has 0 saturated heterocycles. The van der Waals surface area contributed by atoms with E-state index < -0.39 is 0 Å². The summed E-state index contributed by atoms with van der Waals surface area (Å²) >= 11 is 5.71. The van der Waals surface area contributed by atoms with Gasteiger partial charge in [0.05, 0.1) is 0 Å². The second kappa shape index (κ2) is 6.78. The van der Waals surface area contributed by atoms with E-state index in [2.05, 4.69) is 23.8 Å². The summed E-state index contributed by atoms with van der Waals surface area (Å²) in [5.41, 5.74) is 0.865. The van der Waals surface area contributed by atoms with Gasteiger partial charge in [-0.25, -0.2) is 0 Å². The van der Waals surface area contributed by atoms with Crippen molar-refractivity contribution < 1.29 is 20.4 Å². The molecule has 0 aliphatic rings. The number of pyridine rings is 1. The summed E-state index contributed by atoms with van der Waals surface area (Å²) in [5.74, 6) is 0. The molecule has 0 spiro atoms. The number of allylic oxidation sites excluding steroid dienone is 1. The molecule has 0 saturated carbocycles. The van der Waals surface area contributed by atoms with Crippen LogP contribution in [0.2, 0.25) is 5.02 Å². The zero-order valence-electron chi connectivity index (χ0n) is 7.61. The van der Waals surface area contributed by atoms with E-state index in [4.69, 9.17) is 11.6 Å². The number of aromatic nitrogens is 2. The molecular weight excluding hydrogens is 290 g/mol. The zero-order valence-corrected chi connectivity index (χ0v) is 9.92. The van der Waals surface area contributed by atoms with E-state index in [1.807, 2.05) is 6.07 Å². The topological polar surface area (TPSA) is 17.3 Å². The van der Waals surface area contributed by atoms with Gasteiger partial charge < -0.3 is 15.5 Å². The first-order chi connectivity index (χ1) is 6.27. The van der Waals surface area contributed by atoms with E-state index in [-0.39, 0.29) is 20.4 Å². The van der Waals surface area contributed by atoms with Gasteiger partial charge in [-0.05, 0) is 6.20 Å². The Morgan fingerprint density at radius 2 is 2.21 bits per heavy atom. The van der Waals surface area contributed by atoms with Gasteiger partial charge in [-0.15, -0.1) is 0 Å². The normalized spacial score (nSPS) is 8.43. The molecule has 2 aromatic heterocycles. The second-order valence-electron chi connectivity index (χ2n) is 2.32. The molecule has 0 radical (unpaired) electrons. The predicted molar refractivity (Wildman–Crippen MR) is 53.6 cm³/mol. The molecule has 0 atom stereocenters. The fourth-order valence-corrected chi connectivity index (χ4v) is 0.993. The van der Waals surface area contributed by atoms with E-state index in [0.717, 1.165) is 5.65 Å². The third kappa shape index (κ3) is 3.63. The molecule has 76 valence electrons. The molecule has 0 unspecified atom stereocenters. The van der Waals surface area contributed by atoms with Crippen LogP contribution in [0.1, 0.15) is 6.92 Å². The van der Waals surface area contributed by atoms with Crippen molar-refractivity contribution >= 4 is 17.2 Å². The third-order valence-corrected chi connectivity index (χ3v) is 1.51. The molecule has 4 heteroatoms. The molecule has 2 nitrogen and oxygen atoms in total. The average Bonchev–Trinajstić information content (AvgIpc) is 2.52. The molecule has 2 heterocycles. The van der Waals surface area contributed by atoms with Gasteiger partial charge in [-0.1, -0.05) is 36.1 Å². The van der Waals surface area contributed by atoms with E-state index >= 15 is 0 Å². The number of halogens is 1. The fraction of sp³-hybridized carbons (Fsp3) is 0.100. The van der Waals surface area contributed by atoms with Crippen LogP contribution in [-0.4, -0.2) is 9.38 Å². The summed E-state index contributed by atoms with van der Waals surface area (Å²) < 4.78 is 1.75. The van der Waals surface area contributed by atoms with E-state index in [1.54, 1.807) is 29.8 Å². The standard InChI is InChI=1S/C7H4ClN2.C3H5.Pd/c8-6-1-2-7-9-3-4-10(7)5-6;1-3-2;/h1-3,5H;1H2,2H3;/q2*-1;+2. The van der Waals surface area contributed by atoms with Crippen molar-refractivity contribution in [3.05, 3.63) is 48.4 Å². The van der Waals surface area contributed by atoms with Crippen LogP contribution in [0.3, 0.4) is 0 Å². The minimum atomic E-state index is 0. The van der Waals surface area contributed by atoms with Crippen LogP contribution < -0.4 is 0 Å². The minimum Gasteiger partial charge on any atom is -0.507 e. The Morgan fingerprint density at radius 3 is 2.86 bits per heavy atom. The van der Waals surface area contributed by atoms with Crippen molar-refractivity contribution in [1.82, 2.24) is 9.38 Å². The quantitative estimate of drug-likeness (QED) is 0.540. The van der Waals surface area contributed by atoms with Gasteiger partial charge in [-0.3, -0.25) is 6.58 Å². The maximum absolute atomic E-state index is 5.71. The average molecular weight is 299 g/mol. The van der Waals surface area contributed by atoms with Crippen LogP contribution in [-0.2, 0) is 20.4 Å². The molecular formula is C10H9ClN2Pd. The Bertz CT molecular complexity index is 398. The van der Waals surface area contributed by atoms with Gasteiger partial charge in [-0.2, -0.15) is 6.92 Å². The molecule has 0 amide bonds. The molecule has 0 aliphatic heterocycles. The third-order valence-electron chi connectivity index (χ3n) is 1.28. The summed E-state index contributed by atoms with van der Waals surface area (Å²) in [6.45, 7) is 5.00. The Labute approximate surface area is 102 Å². The number of imidazole rings is 1. The second-order valence-corrected chi connectivity index (χ2v) is 2.75. The van der Waals surface area contributed by atoms with Crippen molar-refractivity contribution in [2.24, 2.45) is 0 Å². The zero-order chi connectivity index (χ0) is 9.68. The van der Waals surface area contributed by atoms with E-state index in [0.29, 0.717) is 5.02 Å². The number of hydrogen-bond acceptors (Lipinski definition) is 1. The maximum atomic E-state index is 5.71. The summed E-state index contributed by atoms with van der Waals surface area (Å²) in [6.07, 6.45) is 8.77. The van der Waals surface area contributed by atoms with Crippen molar-refractivity contribution in [1.29, 1.82) is 0 Å². The largest absolute Gasteiger partial charge is 2.00 e. The maximum Gasteiger partial charge on any atom is 2.00 e. The molecule has 0 N–H and O–H groups in total. The smallest absolute Gasteiger partial charge is 0.507 e. The summed E-state index contributed by atoms with van der Waals surface area (Å²) in [4.78, 5) is 4.01. The van der Waals surface area contributed by atoms with Crippen LogP contribution in [0.25, 0.3) is 5.65 Å². The van der Waals surface area contributed by atoms with Gasteiger partial charge in [0.15, 0.2) is 0 Å². The molecule has 0 fully saturated rings. The summed E-state index contributed by atoms with van der Waals surface area (Å²) in [7, 11) is 0. The first kappa shape index (κ1) is 13.4. The Morgan fingerprint density at radius 1 is 1.57 bits per heavy atom. The molecule has 14 heavy (non-hydrogen) atoms. The molecule has 0 aliphatic carbocycles. The monoisotopic (exact) mass is 298 g/mol. The predicted octanol–water partition coefficient (Wildman–Crippen LogP) is 2.78. The van der Waals surface area contributed by atoms with Crippen molar-refractivity contribution in [3.63, 3.8) is 0 Å². The Balaban J connectivity index is 0.000000381. The van der Waals surface area contributed by atoms with Crippen molar-refractivity contribution in [2.75, 3.05) is 0 Å². The first-order valence-corrected chi connectivity index (χ1v) is 4.10. The molecule has 0 bridgehead atoms. The Hall–Kier alpha value is -0.618. The van der Waals surface area contributed by atoms with Crippen LogP contribution in [0.15, 0.2) is 31.1 Å². The summed E-state index contributed by atoms with van der Waals surface area (Å²) in [5, 5.41) is 0.696. The number of fused-ring (bicyclic) bond motifs is 1. The van der Waals surface area contributed by atoms with Crippen LogP contribution in [0, 0.1) is 12.3 Å². The molecule has 2 rings (SSSR count). The van der Waals surface area contributed by atoms with Gasteiger partial charge in [0.2, 0.25) is 0 Å². The summed E-state index contributed by atoms with van der Waals surface area (Å²) in [6, 6.07) is 3.65. The fourth-order valence-electron chi connectivity index (χ4n) is 0.833. The van der Waals surface area contributed by atoms with Gasteiger partial charge in [0.1, 0.15) is 0 Å². The van der Waals surface area contributed by atoms with Crippen molar-refractivity contribution in [2.45, 2.75) is 6.92 Å². The van der Waals surface area contributed by atoms with Gasteiger partial charge in [0.25, 0.3) is 0 Å². The molecule has 2 aromatic rings. The minimum absolute atomic E-state index is 0. The SMILES string of the molecule is C=[C-]C.Clc1ccc2nc[c-]n2c1.[Pd+2]. The van der Waals surface area contributed by atoms with Crippen LogP contribution in [0.5, 0.6) is 0 Å². The first-order valence-electron chi connectivity index (χ1n) is 3.72. The number of hydrogen-bond donors (Lipinski definition) is 0.